The molecule has 0 amide bonds. The number of rotatable bonds is 10. The second-order valence-electron chi connectivity index (χ2n) is 24.5. The molecule has 0 saturated heterocycles. The van der Waals surface area contributed by atoms with Gasteiger partial charge >= 0.3 is 0 Å². The van der Waals surface area contributed by atoms with Crippen molar-refractivity contribution in [3.05, 3.63) is 337 Å². The van der Waals surface area contributed by atoms with Crippen LogP contribution in [0, 0.1) is 0 Å². The van der Waals surface area contributed by atoms with E-state index in [1.807, 2.05) is 0 Å². The van der Waals surface area contributed by atoms with Gasteiger partial charge in [0.25, 0.3) is 0 Å². The molecule has 0 N–H and O–H groups in total. The lowest BCUT2D eigenvalue weighted by Gasteiger charge is -2.22. The Morgan fingerprint density at radius 3 is 0.910 bits per heavy atom. The minimum Gasteiger partial charge on any atom is -0.309 e. The van der Waals surface area contributed by atoms with Crippen LogP contribution in [0.15, 0.2) is 303 Å². The topological polar surface area (TPSA) is 9.86 Å². The number of hydrogen-bond acceptors (Lipinski definition) is 0. The van der Waals surface area contributed by atoms with Crippen LogP contribution in [0.3, 0.4) is 0 Å². The summed E-state index contributed by atoms with van der Waals surface area (Å²) in [6.45, 7) is 4.76. The van der Waals surface area contributed by atoms with E-state index in [1.54, 1.807) is 0 Å². The van der Waals surface area contributed by atoms with E-state index < -0.39 is 0 Å². The molecule has 2 aromatic heterocycles. The SMILES string of the molecule is CC1(C)c2cc(-c3ccc(/C=C/c4ccc(-c5ccc6c(c5)c5ccccc5n6-c5cccc6ccccc56)cc4)cc3)ccc2-c2ccc(-c3ccc(/C=C/c4ccc(-c5ccc6c(c5)c5ccccc5n6-c5cccc6ccccc56)cc4)cc3)cc21. The summed E-state index contributed by atoms with van der Waals surface area (Å²) in [6, 6.07) is 112. The van der Waals surface area contributed by atoms with Gasteiger partial charge in [0.2, 0.25) is 0 Å². The lowest BCUT2D eigenvalue weighted by molar-refractivity contribution is 0.661. The minimum absolute atomic E-state index is 0.149. The Morgan fingerprint density at radius 1 is 0.236 bits per heavy atom. The van der Waals surface area contributed by atoms with E-state index in [1.165, 1.54) is 166 Å². The van der Waals surface area contributed by atoms with E-state index in [0.717, 1.165) is 0 Å². The van der Waals surface area contributed by atoms with Crippen molar-refractivity contribution in [2.24, 2.45) is 0 Å². The molecule has 89 heavy (non-hydrogen) atoms. The van der Waals surface area contributed by atoms with Crippen LogP contribution in [-0.2, 0) is 5.41 Å². The largest absolute Gasteiger partial charge is 0.309 e. The highest BCUT2D eigenvalue weighted by Crippen LogP contribution is 2.51. The maximum Gasteiger partial charge on any atom is 0.0541 e. The highest BCUT2D eigenvalue weighted by Gasteiger charge is 2.36. The lowest BCUT2D eigenvalue weighted by atomic mass is 9.81. The van der Waals surface area contributed by atoms with Crippen LogP contribution in [0.25, 0.3) is 156 Å². The summed E-state index contributed by atoms with van der Waals surface area (Å²) in [4.78, 5) is 0. The van der Waals surface area contributed by atoms with Gasteiger partial charge in [-0.25, -0.2) is 0 Å². The van der Waals surface area contributed by atoms with Gasteiger partial charge < -0.3 is 9.13 Å². The van der Waals surface area contributed by atoms with Crippen molar-refractivity contribution in [1.29, 1.82) is 0 Å². The Bertz CT molecular complexity index is 5180. The fourth-order valence-electron chi connectivity index (χ4n) is 14.3. The number of para-hydroxylation sites is 2. The van der Waals surface area contributed by atoms with Crippen molar-refractivity contribution in [2.75, 3.05) is 0 Å². The molecule has 0 spiro atoms. The van der Waals surface area contributed by atoms with Crippen molar-refractivity contribution in [3.8, 4) is 67.0 Å². The summed E-state index contributed by atoms with van der Waals surface area (Å²) in [7, 11) is 0. The quantitative estimate of drug-likeness (QED) is 0.121. The molecule has 0 atom stereocenters. The molecule has 16 aromatic rings. The maximum atomic E-state index is 2.42. The van der Waals surface area contributed by atoms with Gasteiger partial charge in [-0.1, -0.05) is 281 Å². The first kappa shape index (κ1) is 52.0. The second kappa shape index (κ2) is 21.0. The fraction of sp³-hybridized carbons (Fsp3) is 0.0345. The van der Waals surface area contributed by atoms with Crippen molar-refractivity contribution >= 4 is 89.5 Å². The van der Waals surface area contributed by atoms with Crippen LogP contribution >= 0.6 is 0 Å². The molecule has 0 radical (unpaired) electrons. The summed E-state index contributed by atoms with van der Waals surface area (Å²) < 4.78 is 4.85. The average molecular weight is 1130 g/mol. The average Bonchev–Trinajstić information content (AvgIpc) is 1.71. The highest BCUT2D eigenvalue weighted by atomic mass is 15.0. The maximum absolute atomic E-state index is 2.42. The van der Waals surface area contributed by atoms with Crippen molar-refractivity contribution in [3.63, 3.8) is 0 Å². The molecule has 0 fully saturated rings. The summed E-state index contributed by atoms with van der Waals surface area (Å²) in [5, 5.41) is 10.0. The molecule has 2 heterocycles. The Kier molecular flexibility index (Phi) is 12.3. The van der Waals surface area contributed by atoms with Gasteiger partial charge in [0.15, 0.2) is 0 Å². The van der Waals surface area contributed by atoms with Gasteiger partial charge in [-0.15, -0.1) is 0 Å². The number of aromatic nitrogens is 2. The normalized spacial score (nSPS) is 12.8. The summed E-state index contributed by atoms with van der Waals surface area (Å²) in [6.07, 6.45) is 8.86. The predicted octanol–water partition coefficient (Wildman–Crippen LogP) is 23.5. The van der Waals surface area contributed by atoms with Gasteiger partial charge in [-0.3, -0.25) is 0 Å². The van der Waals surface area contributed by atoms with Crippen LogP contribution in [-0.4, -0.2) is 9.13 Å². The van der Waals surface area contributed by atoms with E-state index in [0.29, 0.717) is 0 Å². The molecule has 0 unspecified atom stereocenters. The van der Waals surface area contributed by atoms with Crippen LogP contribution in [0.1, 0.15) is 47.2 Å². The molecule has 1 aliphatic rings. The van der Waals surface area contributed by atoms with E-state index in [4.69, 9.17) is 0 Å². The molecule has 0 bridgehead atoms. The van der Waals surface area contributed by atoms with Crippen LogP contribution < -0.4 is 0 Å². The van der Waals surface area contributed by atoms with E-state index in [-0.39, 0.29) is 5.41 Å². The van der Waals surface area contributed by atoms with Gasteiger partial charge in [0, 0.05) is 37.7 Å². The van der Waals surface area contributed by atoms with Crippen molar-refractivity contribution in [1.82, 2.24) is 9.13 Å². The molecule has 2 heteroatoms. The number of nitrogens with zero attached hydrogens (tertiary/aromatic N) is 2. The van der Waals surface area contributed by atoms with E-state index >= 15 is 0 Å². The zero-order valence-electron chi connectivity index (χ0n) is 49.6. The first-order valence-corrected chi connectivity index (χ1v) is 30.9. The Labute approximate surface area is 518 Å². The standard InChI is InChI=1S/C87H60N2/c1-87(2)79-55-69(63-41-33-59(34-42-63)27-25-57-29-37-61(38-30-57)67-47-51-85-77(53-67)75-19-7-9-21-83(75)88(85)81-23-11-15-65-13-3-5-17-71(65)81)45-49-73(79)74-50-46-70(56-80(74)87)64-43-35-60(36-44-64)28-26-58-31-39-62(40-32-58)68-48-52-86-78(54-68)76-20-8-10-22-84(76)89(86)82-24-12-16-66-14-4-6-18-72(66)82/h3-56H,1-2H3/b27-25+,28-26+. The van der Waals surface area contributed by atoms with Crippen molar-refractivity contribution in [2.45, 2.75) is 19.3 Å². The summed E-state index contributed by atoms with van der Waals surface area (Å²) >= 11 is 0. The molecule has 17 rings (SSSR count). The first-order chi connectivity index (χ1) is 43.8. The van der Waals surface area contributed by atoms with E-state index in [9.17, 15) is 0 Å². The highest BCUT2D eigenvalue weighted by molar-refractivity contribution is 6.13. The monoisotopic (exact) mass is 1130 g/mol. The summed E-state index contributed by atoms with van der Waals surface area (Å²) in [5.74, 6) is 0. The van der Waals surface area contributed by atoms with Gasteiger partial charge in [-0.05, 0) is 160 Å². The second-order valence-corrected chi connectivity index (χ2v) is 24.5. The molecule has 0 aliphatic heterocycles. The third-order valence-electron chi connectivity index (χ3n) is 18.9. The van der Waals surface area contributed by atoms with Crippen LogP contribution in [0.4, 0.5) is 0 Å². The van der Waals surface area contributed by atoms with Gasteiger partial charge in [0.05, 0.1) is 33.4 Å². The molecule has 418 valence electrons. The first-order valence-electron chi connectivity index (χ1n) is 30.9. The predicted molar refractivity (Wildman–Crippen MR) is 380 cm³/mol. The van der Waals surface area contributed by atoms with Crippen LogP contribution in [0.2, 0.25) is 0 Å². The number of fused-ring (bicyclic) bond motifs is 11. The Morgan fingerprint density at radius 2 is 0.528 bits per heavy atom. The molecular formula is C87H60N2. The fourth-order valence-corrected chi connectivity index (χ4v) is 14.3. The van der Waals surface area contributed by atoms with E-state index in [2.05, 4.69) is 351 Å². The Hall–Kier alpha value is -11.3. The molecule has 0 saturated carbocycles. The molecule has 1 aliphatic carbocycles. The lowest BCUT2D eigenvalue weighted by Crippen LogP contribution is -2.15. The zero-order chi connectivity index (χ0) is 59.2. The number of hydrogen-bond donors (Lipinski definition) is 0. The van der Waals surface area contributed by atoms with Gasteiger partial charge in [-0.2, -0.15) is 0 Å². The third-order valence-corrected chi connectivity index (χ3v) is 18.9. The molecule has 2 nitrogen and oxygen atoms in total. The van der Waals surface area contributed by atoms with Crippen molar-refractivity contribution < 1.29 is 0 Å². The Balaban J connectivity index is 0.557. The molecular weight excluding hydrogens is 1070 g/mol. The smallest absolute Gasteiger partial charge is 0.0541 e. The minimum atomic E-state index is -0.149. The molecule has 14 aromatic carbocycles. The summed E-state index contributed by atoms with van der Waals surface area (Å²) in [5.41, 5.74) is 26.9. The van der Waals surface area contributed by atoms with Crippen LogP contribution in [0.5, 0.6) is 0 Å². The third kappa shape index (κ3) is 8.94. The number of benzene rings is 14. The van der Waals surface area contributed by atoms with Gasteiger partial charge in [0.1, 0.15) is 0 Å². The zero-order valence-corrected chi connectivity index (χ0v) is 49.6.